The highest BCUT2D eigenvalue weighted by molar-refractivity contribution is 7.92. The van der Waals surface area contributed by atoms with Gasteiger partial charge in [0.25, 0.3) is 5.91 Å². The first-order valence-corrected chi connectivity index (χ1v) is 12.9. The minimum atomic E-state index is -4.74. The highest BCUT2D eigenvalue weighted by Crippen LogP contribution is 2.49. The summed E-state index contributed by atoms with van der Waals surface area (Å²) in [6, 6.07) is 1.12. The molecule has 3 saturated carbocycles. The summed E-state index contributed by atoms with van der Waals surface area (Å²) in [7, 11) is -3.10. The Bertz CT molecular complexity index is 921. The monoisotopic (exact) mass is 461 g/mol. The van der Waals surface area contributed by atoms with Crippen molar-refractivity contribution in [2.24, 2.45) is 17.3 Å². The first-order valence-electron chi connectivity index (χ1n) is 11.1. The van der Waals surface area contributed by atoms with Gasteiger partial charge in [0.15, 0.2) is 9.84 Å². The Morgan fingerprint density at radius 1 is 1.13 bits per heavy atom. The standard InChI is InChI=1S/C22H30F3NO4S/c1-14-10-18(19(30-14)22(23,24)25)20(27)26-13-21(11-15-2-3-15)8-6-17(7-9-21)31(28,29)12-16-4-5-16/h10,15-17H,2-9,11-13H2,1H3,(H,26,27). The lowest BCUT2D eigenvalue weighted by Crippen LogP contribution is -2.43. The molecule has 1 amide bonds. The highest BCUT2D eigenvalue weighted by Gasteiger charge is 2.45. The number of aryl methyl sites for hydroxylation is 1. The van der Waals surface area contributed by atoms with Gasteiger partial charge in [0.05, 0.1) is 16.6 Å². The fraction of sp³-hybridized carbons (Fsp3) is 0.773. The summed E-state index contributed by atoms with van der Waals surface area (Å²) in [6.07, 6.45) is 2.88. The van der Waals surface area contributed by atoms with Crippen LogP contribution in [-0.2, 0) is 16.0 Å². The number of rotatable bonds is 8. The van der Waals surface area contributed by atoms with Gasteiger partial charge in [-0.25, -0.2) is 8.42 Å². The largest absolute Gasteiger partial charge is 0.456 e. The molecular formula is C22H30F3NO4S. The maximum atomic E-state index is 13.2. The first-order chi connectivity index (χ1) is 14.5. The van der Waals surface area contributed by atoms with Gasteiger partial charge >= 0.3 is 6.18 Å². The molecule has 0 spiro atoms. The molecule has 31 heavy (non-hydrogen) atoms. The van der Waals surface area contributed by atoms with E-state index in [1.165, 1.54) is 6.92 Å². The van der Waals surface area contributed by atoms with E-state index in [9.17, 15) is 26.4 Å². The molecule has 3 fully saturated rings. The Morgan fingerprint density at radius 2 is 1.74 bits per heavy atom. The van der Waals surface area contributed by atoms with Gasteiger partial charge < -0.3 is 9.73 Å². The van der Waals surface area contributed by atoms with Crippen LogP contribution in [0.25, 0.3) is 0 Å². The van der Waals surface area contributed by atoms with Gasteiger partial charge in [0, 0.05) is 6.54 Å². The van der Waals surface area contributed by atoms with Crippen molar-refractivity contribution in [1.29, 1.82) is 0 Å². The zero-order chi connectivity index (χ0) is 22.4. The molecule has 174 valence electrons. The fourth-order valence-electron chi connectivity index (χ4n) is 4.96. The van der Waals surface area contributed by atoms with E-state index in [4.69, 9.17) is 4.42 Å². The number of hydrogen-bond acceptors (Lipinski definition) is 4. The Morgan fingerprint density at radius 3 is 2.29 bits per heavy atom. The molecule has 1 aromatic heterocycles. The lowest BCUT2D eigenvalue weighted by molar-refractivity contribution is -0.153. The second-order valence-corrected chi connectivity index (χ2v) is 12.2. The summed E-state index contributed by atoms with van der Waals surface area (Å²) in [5, 5.41) is 2.39. The molecule has 0 bridgehead atoms. The maximum absolute atomic E-state index is 13.2. The third-order valence-electron chi connectivity index (χ3n) is 7.07. The third-order valence-corrected chi connectivity index (χ3v) is 9.49. The van der Waals surface area contributed by atoms with Gasteiger partial charge in [-0.2, -0.15) is 13.2 Å². The van der Waals surface area contributed by atoms with E-state index in [1.54, 1.807) is 0 Å². The molecule has 0 aliphatic heterocycles. The molecule has 0 atom stereocenters. The van der Waals surface area contributed by atoms with Gasteiger partial charge in [-0.05, 0) is 75.2 Å². The van der Waals surface area contributed by atoms with Crippen LogP contribution >= 0.6 is 0 Å². The van der Waals surface area contributed by atoms with Crippen LogP contribution in [-0.4, -0.2) is 31.9 Å². The summed E-state index contributed by atoms with van der Waals surface area (Å²) >= 11 is 0. The second-order valence-electron chi connectivity index (χ2n) is 9.90. The molecule has 1 N–H and O–H groups in total. The Balaban J connectivity index is 1.42. The van der Waals surface area contributed by atoms with Crippen molar-refractivity contribution in [3.05, 3.63) is 23.2 Å². The number of carbonyl (C=O) groups is 1. The van der Waals surface area contributed by atoms with Crippen molar-refractivity contribution in [3.63, 3.8) is 0 Å². The van der Waals surface area contributed by atoms with E-state index in [0.29, 0.717) is 37.5 Å². The molecule has 4 rings (SSSR count). The van der Waals surface area contributed by atoms with Crippen LogP contribution < -0.4 is 5.32 Å². The van der Waals surface area contributed by atoms with Crippen LogP contribution in [0.2, 0.25) is 0 Å². The summed E-state index contributed by atoms with van der Waals surface area (Å²) in [5.74, 6) is -0.852. The molecule has 0 unspecified atom stereocenters. The number of furan rings is 1. The third kappa shape index (κ3) is 5.46. The number of sulfone groups is 1. The lowest BCUT2D eigenvalue weighted by atomic mass is 9.70. The van der Waals surface area contributed by atoms with Gasteiger partial charge in [-0.1, -0.05) is 12.8 Å². The molecule has 3 aliphatic rings. The molecule has 3 aliphatic carbocycles. The number of nitrogens with one attached hydrogen (secondary N) is 1. The smallest absolute Gasteiger partial charge is 0.450 e. The molecule has 0 radical (unpaired) electrons. The van der Waals surface area contributed by atoms with E-state index in [1.807, 2.05) is 0 Å². The van der Waals surface area contributed by atoms with E-state index in [0.717, 1.165) is 38.2 Å². The van der Waals surface area contributed by atoms with Crippen LogP contribution in [0, 0.1) is 24.2 Å². The van der Waals surface area contributed by atoms with Crippen LogP contribution in [0.5, 0.6) is 0 Å². The van der Waals surface area contributed by atoms with Crippen LogP contribution in [0.3, 0.4) is 0 Å². The summed E-state index contributed by atoms with van der Waals surface area (Å²) < 4.78 is 69.7. The zero-order valence-electron chi connectivity index (χ0n) is 17.8. The molecule has 5 nitrogen and oxygen atoms in total. The molecule has 0 saturated heterocycles. The molecular weight excluding hydrogens is 431 g/mol. The van der Waals surface area contributed by atoms with Gasteiger partial charge in [0.2, 0.25) is 5.76 Å². The average molecular weight is 462 g/mol. The fourth-order valence-corrected chi connectivity index (χ4v) is 7.17. The first kappa shape index (κ1) is 22.7. The summed E-state index contributed by atoms with van der Waals surface area (Å²) in [4.78, 5) is 12.6. The Labute approximate surface area is 181 Å². The molecule has 1 heterocycles. The maximum Gasteiger partial charge on any atom is 0.450 e. The van der Waals surface area contributed by atoms with Crippen molar-refractivity contribution in [2.75, 3.05) is 12.3 Å². The van der Waals surface area contributed by atoms with Crippen LogP contribution in [0.1, 0.15) is 79.7 Å². The van der Waals surface area contributed by atoms with Crippen molar-refractivity contribution in [3.8, 4) is 0 Å². The SMILES string of the molecule is Cc1cc(C(=O)NCC2(CC3CC3)CCC(S(=O)(=O)CC3CC3)CC2)c(C(F)(F)F)o1. The number of hydrogen-bond donors (Lipinski definition) is 1. The number of alkyl halides is 3. The van der Waals surface area contributed by atoms with Crippen molar-refractivity contribution < 1.29 is 30.8 Å². The van der Waals surface area contributed by atoms with E-state index in [2.05, 4.69) is 5.32 Å². The minimum absolute atomic E-state index is 0.0338. The van der Waals surface area contributed by atoms with Crippen LogP contribution in [0.15, 0.2) is 10.5 Å². The predicted octanol–water partition coefficient (Wildman–Crippen LogP) is 4.89. The summed E-state index contributed by atoms with van der Waals surface area (Å²) in [6.45, 7) is 1.64. The molecule has 9 heteroatoms. The minimum Gasteiger partial charge on any atom is -0.456 e. The van der Waals surface area contributed by atoms with E-state index >= 15 is 0 Å². The lowest BCUT2D eigenvalue weighted by Gasteiger charge is -2.40. The molecule has 1 aromatic rings. The summed E-state index contributed by atoms with van der Waals surface area (Å²) in [5.41, 5.74) is -0.744. The topological polar surface area (TPSA) is 76.4 Å². The quantitative estimate of drug-likeness (QED) is 0.598. The van der Waals surface area contributed by atoms with E-state index < -0.39 is 33.2 Å². The van der Waals surface area contributed by atoms with Crippen molar-refractivity contribution >= 4 is 15.7 Å². The second kappa shape index (κ2) is 8.12. The Hall–Kier alpha value is -1.51. The number of amides is 1. The van der Waals surface area contributed by atoms with Gasteiger partial charge in [-0.15, -0.1) is 0 Å². The number of halogens is 3. The zero-order valence-corrected chi connectivity index (χ0v) is 18.6. The highest BCUT2D eigenvalue weighted by atomic mass is 32.2. The van der Waals surface area contributed by atoms with Gasteiger partial charge in [0.1, 0.15) is 5.76 Å². The Kier molecular flexibility index (Phi) is 5.94. The number of carbonyl (C=O) groups excluding carboxylic acids is 1. The predicted molar refractivity (Wildman–Crippen MR) is 109 cm³/mol. The van der Waals surface area contributed by atoms with Crippen LogP contribution in [0.4, 0.5) is 13.2 Å². The average Bonchev–Trinajstić information content (AvgIpc) is 3.61. The van der Waals surface area contributed by atoms with E-state index in [-0.39, 0.29) is 28.7 Å². The molecule has 0 aromatic carbocycles. The normalized spacial score (nSPS) is 27.3. The van der Waals surface area contributed by atoms with Crippen molar-refractivity contribution in [1.82, 2.24) is 5.32 Å². The van der Waals surface area contributed by atoms with Crippen molar-refractivity contribution in [2.45, 2.75) is 76.1 Å². The van der Waals surface area contributed by atoms with Gasteiger partial charge in [-0.3, -0.25) is 4.79 Å².